The summed E-state index contributed by atoms with van der Waals surface area (Å²) in [5.74, 6) is 1.13. The number of carbonyl (C=O) groups excluding carboxylic acids is 1. The number of benzene rings is 1. The summed E-state index contributed by atoms with van der Waals surface area (Å²) < 4.78 is 0. The molecule has 0 unspecified atom stereocenters. The minimum atomic E-state index is 0.0674. The SMILES string of the molecule is CCC(CC)C(=O)Nc1ccc(N2CCN(c3cccc(C)c3C)CC2)nc1. The molecule has 2 heterocycles. The van der Waals surface area contributed by atoms with Crippen LogP contribution in [0, 0.1) is 19.8 Å². The van der Waals surface area contributed by atoms with Crippen LogP contribution in [-0.4, -0.2) is 37.1 Å². The van der Waals surface area contributed by atoms with Gasteiger partial charge in [-0.3, -0.25) is 4.79 Å². The number of amides is 1. The van der Waals surface area contributed by atoms with Crippen molar-refractivity contribution < 1.29 is 4.79 Å². The van der Waals surface area contributed by atoms with Crippen molar-refractivity contribution >= 4 is 23.1 Å². The van der Waals surface area contributed by atoms with Gasteiger partial charge >= 0.3 is 0 Å². The zero-order chi connectivity index (χ0) is 20.1. The summed E-state index contributed by atoms with van der Waals surface area (Å²) >= 11 is 0. The van der Waals surface area contributed by atoms with Gasteiger partial charge in [0.1, 0.15) is 5.82 Å². The molecule has 0 atom stereocenters. The molecule has 150 valence electrons. The van der Waals surface area contributed by atoms with Gasteiger partial charge in [0.25, 0.3) is 0 Å². The van der Waals surface area contributed by atoms with E-state index in [0.717, 1.165) is 50.5 Å². The number of nitrogens with one attached hydrogen (secondary N) is 1. The number of aryl methyl sites for hydroxylation is 1. The quantitative estimate of drug-likeness (QED) is 0.807. The average Bonchev–Trinajstić information content (AvgIpc) is 2.72. The summed E-state index contributed by atoms with van der Waals surface area (Å²) in [5, 5.41) is 2.99. The molecule has 0 bridgehead atoms. The van der Waals surface area contributed by atoms with Crippen molar-refractivity contribution in [2.75, 3.05) is 41.3 Å². The molecule has 1 aliphatic rings. The lowest BCUT2D eigenvalue weighted by Crippen LogP contribution is -2.47. The van der Waals surface area contributed by atoms with Crippen LogP contribution < -0.4 is 15.1 Å². The Balaban J connectivity index is 1.59. The van der Waals surface area contributed by atoms with E-state index in [2.05, 4.69) is 52.1 Å². The Labute approximate surface area is 168 Å². The molecule has 0 spiro atoms. The fourth-order valence-electron chi connectivity index (χ4n) is 3.81. The molecule has 1 aliphatic heterocycles. The third-order valence-corrected chi connectivity index (χ3v) is 5.89. The Bertz CT molecular complexity index is 791. The molecule has 1 aromatic carbocycles. The van der Waals surface area contributed by atoms with E-state index in [-0.39, 0.29) is 11.8 Å². The van der Waals surface area contributed by atoms with E-state index in [1.165, 1.54) is 16.8 Å². The molecule has 0 saturated carbocycles. The number of piperazine rings is 1. The van der Waals surface area contributed by atoms with Crippen LogP contribution in [0.3, 0.4) is 0 Å². The molecular formula is C23H32N4O. The molecule has 2 aromatic rings. The summed E-state index contributed by atoms with van der Waals surface area (Å²) in [6.07, 6.45) is 3.49. The van der Waals surface area contributed by atoms with Gasteiger partial charge in [0, 0.05) is 37.8 Å². The van der Waals surface area contributed by atoms with Crippen molar-refractivity contribution in [3.8, 4) is 0 Å². The third kappa shape index (κ3) is 4.46. The Morgan fingerprint density at radius 2 is 1.71 bits per heavy atom. The normalized spacial score (nSPS) is 14.5. The fourth-order valence-corrected chi connectivity index (χ4v) is 3.81. The lowest BCUT2D eigenvalue weighted by Gasteiger charge is -2.37. The second-order valence-corrected chi connectivity index (χ2v) is 7.60. The highest BCUT2D eigenvalue weighted by atomic mass is 16.1. The van der Waals surface area contributed by atoms with Crippen LogP contribution in [-0.2, 0) is 4.79 Å². The highest BCUT2D eigenvalue weighted by Gasteiger charge is 2.20. The standard InChI is InChI=1S/C23H32N4O/c1-5-19(6-2)23(28)25-20-10-11-22(24-16-20)27-14-12-26(13-15-27)21-9-7-8-17(3)18(21)4/h7-11,16,19H,5-6,12-15H2,1-4H3,(H,25,28). The summed E-state index contributed by atoms with van der Waals surface area (Å²) in [6.45, 7) is 12.3. The van der Waals surface area contributed by atoms with E-state index in [4.69, 9.17) is 0 Å². The highest BCUT2D eigenvalue weighted by Crippen LogP contribution is 2.25. The number of carbonyl (C=O) groups is 1. The van der Waals surface area contributed by atoms with Gasteiger partial charge in [0.2, 0.25) is 5.91 Å². The summed E-state index contributed by atoms with van der Waals surface area (Å²) in [6, 6.07) is 10.5. The van der Waals surface area contributed by atoms with Gasteiger partial charge in [-0.1, -0.05) is 26.0 Å². The van der Waals surface area contributed by atoms with Crippen LogP contribution in [0.1, 0.15) is 37.8 Å². The van der Waals surface area contributed by atoms with E-state index < -0.39 is 0 Å². The van der Waals surface area contributed by atoms with Gasteiger partial charge in [-0.05, 0) is 56.0 Å². The van der Waals surface area contributed by atoms with Crippen molar-refractivity contribution in [3.05, 3.63) is 47.7 Å². The minimum Gasteiger partial charge on any atom is -0.368 e. The van der Waals surface area contributed by atoms with E-state index in [9.17, 15) is 4.79 Å². The second kappa shape index (κ2) is 9.09. The van der Waals surface area contributed by atoms with Gasteiger partial charge in [-0.2, -0.15) is 0 Å². The van der Waals surface area contributed by atoms with Gasteiger partial charge in [-0.15, -0.1) is 0 Å². The van der Waals surface area contributed by atoms with E-state index in [1.807, 2.05) is 26.0 Å². The first-order chi connectivity index (χ1) is 13.5. The van der Waals surface area contributed by atoms with Crippen molar-refractivity contribution in [1.29, 1.82) is 0 Å². The summed E-state index contributed by atoms with van der Waals surface area (Å²) in [5.41, 5.74) is 4.82. The Morgan fingerprint density at radius 1 is 1.04 bits per heavy atom. The molecule has 1 aromatic heterocycles. The van der Waals surface area contributed by atoms with Crippen molar-refractivity contribution in [3.63, 3.8) is 0 Å². The number of rotatable bonds is 6. The molecule has 3 rings (SSSR count). The van der Waals surface area contributed by atoms with Crippen LogP contribution in [0.25, 0.3) is 0 Å². The van der Waals surface area contributed by atoms with Crippen LogP contribution in [0.4, 0.5) is 17.2 Å². The molecule has 1 amide bonds. The number of nitrogens with zero attached hydrogens (tertiary/aromatic N) is 3. The van der Waals surface area contributed by atoms with Crippen LogP contribution in [0.5, 0.6) is 0 Å². The Kier molecular flexibility index (Phi) is 6.55. The monoisotopic (exact) mass is 380 g/mol. The molecular weight excluding hydrogens is 348 g/mol. The maximum absolute atomic E-state index is 12.2. The van der Waals surface area contributed by atoms with Crippen molar-refractivity contribution in [2.24, 2.45) is 5.92 Å². The zero-order valence-electron chi connectivity index (χ0n) is 17.5. The summed E-state index contributed by atoms with van der Waals surface area (Å²) in [7, 11) is 0. The molecule has 1 N–H and O–H groups in total. The Hall–Kier alpha value is -2.56. The molecule has 0 aliphatic carbocycles. The van der Waals surface area contributed by atoms with Gasteiger partial charge in [0.15, 0.2) is 0 Å². The van der Waals surface area contributed by atoms with Gasteiger partial charge < -0.3 is 15.1 Å². The van der Waals surface area contributed by atoms with E-state index in [0.29, 0.717) is 0 Å². The molecule has 28 heavy (non-hydrogen) atoms. The highest BCUT2D eigenvalue weighted by molar-refractivity contribution is 5.92. The molecule has 0 radical (unpaired) electrons. The predicted octanol–water partition coefficient (Wildman–Crippen LogP) is 4.40. The predicted molar refractivity (Wildman–Crippen MR) is 117 cm³/mol. The number of anilines is 3. The molecule has 1 saturated heterocycles. The first-order valence-electron chi connectivity index (χ1n) is 10.4. The molecule has 5 heteroatoms. The lowest BCUT2D eigenvalue weighted by atomic mass is 10.0. The first-order valence-corrected chi connectivity index (χ1v) is 10.4. The average molecular weight is 381 g/mol. The fraction of sp³-hybridized carbons (Fsp3) is 0.478. The van der Waals surface area contributed by atoms with Crippen LogP contribution in [0.2, 0.25) is 0 Å². The van der Waals surface area contributed by atoms with Crippen molar-refractivity contribution in [1.82, 2.24) is 4.98 Å². The van der Waals surface area contributed by atoms with Crippen LogP contribution >= 0.6 is 0 Å². The lowest BCUT2D eigenvalue weighted by molar-refractivity contribution is -0.120. The van der Waals surface area contributed by atoms with E-state index >= 15 is 0 Å². The second-order valence-electron chi connectivity index (χ2n) is 7.60. The zero-order valence-corrected chi connectivity index (χ0v) is 17.5. The maximum atomic E-state index is 12.2. The first kappa shape index (κ1) is 20.2. The summed E-state index contributed by atoms with van der Waals surface area (Å²) in [4.78, 5) is 21.6. The minimum absolute atomic E-state index is 0.0674. The maximum Gasteiger partial charge on any atom is 0.227 e. The van der Waals surface area contributed by atoms with Gasteiger partial charge in [-0.25, -0.2) is 4.98 Å². The number of aromatic nitrogens is 1. The topological polar surface area (TPSA) is 48.5 Å². The van der Waals surface area contributed by atoms with Crippen molar-refractivity contribution in [2.45, 2.75) is 40.5 Å². The van der Waals surface area contributed by atoms with Crippen LogP contribution in [0.15, 0.2) is 36.5 Å². The smallest absolute Gasteiger partial charge is 0.227 e. The molecule has 1 fully saturated rings. The number of pyridine rings is 1. The third-order valence-electron chi connectivity index (χ3n) is 5.89. The van der Waals surface area contributed by atoms with Gasteiger partial charge in [0.05, 0.1) is 11.9 Å². The Morgan fingerprint density at radius 3 is 2.32 bits per heavy atom. The van der Waals surface area contributed by atoms with E-state index in [1.54, 1.807) is 6.20 Å². The molecule has 5 nitrogen and oxygen atoms in total. The largest absolute Gasteiger partial charge is 0.368 e. The number of hydrogen-bond donors (Lipinski definition) is 1. The number of hydrogen-bond acceptors (Lipinski definition) is 4.